The van der Waals surface area contributed by atoms with Gasteiger partial charge < -0.3 is 5.32 Å². The van der Waals surface area contributed by atoms with E-state index in [-0.39, 0.29) is 9.93 Å². The normalized spacial score (nSPS) is 13.8. The molecule has 0 bridgehead atoms. The number of carbonyl (C=O) groups is 1. The zero-order valence-corrected chi connectivity index (χ0v) is 17.5. The molecule has 0 saturated heterocycles. The number of rotatable bonds is 5. The van der Waals surface area contributed by atoms with Crippen LogP contribution in [-0.2, 0) is 21.2 Å². The first-order valence-electron chi connectivity index (χ1n) is 9.39. The Bertz CT molecular complexity index is 1210. The Kier molecular flexibility index (Phi) is 5.61. The Balaban J connectivity index is 1.49. The maximum atomic E-state index is 13.1. The van der Waals surface area contributed by atoms with Crippen molar-refractivity contribution in [3.8, 4) is 0 Å². The Morgan fingerprint density at radius 1 is 0.933 bits per heavy atom. The van der Waals surface area contributed by atoms with Crippen molar-refractivity contribution in [2.24, 2.45) is 0 Å². The summed E-state index contributed by atoms with van der Waals surface area (Å²) in [5.74, 6) is -0.468. The van der Waals surface area contributed by atoms with E-state index < -0.39 is 15.9 Å². The molecule has 3 aromatic carbocycles. The van der Waals surface area contributed by atoms with Crippen LogP contribution < -0.4 is 9.62 Å². The van der Waals surface area contributed by atoms with E-state index in [1.807, 2.05) is 54.6 Å². The smallest absolute Gasteiger partial charge is 0.267 e. The minimum Gasteiger partial charge on any atom is -0.321 e. The molecular formula is C23H19ClN2O3S. The van der Waals surface area contributed by atoms with Gasteiger partial charge in [0.15, 0.2) is 0 Å². The van der Waals surface area contributed by atoms with Crippen LogP contribution in [0.4, 0.5) is 11.4 Å². The highest BCUT2D eigenvalue weighted by molar-refractivity contribution is 7.92. The van der Waals surface area contributed by atoms with Gasteiger partial charge in [-0.05, 0) is 54.0 Å². The molecule has 0 unspecified atom stereocenters. The van der Waals surface area contributed by atoms with Crippen LogP contribution in [0.25, 0.3) is 6.08 Å². The van der Waals surface area contributed by atoms with Crippen molar-refractivity contribution in [2.75, 3.05) is 16.2 Å². The average molecular weight is 439 g/mol. The minimum absolute atomic E-state index is 0.0339. The maximum Gasteiger partial charge on any atom is 0.267 e. The lowest BCUT2D eigenvalue weighted by atomic mass is 10.2. The van der Waals surface area contributed by atoms with Gasteiger partial charge in [0.2, 0.25) is 0 Å². The molecule has 1 N–H and O–H groups in total. The van der Waals surface area contributed by atoms with Crippen molar-refractivity contribution in [3.63, 3.8) is 0 Å². The first-order chi connectivity index (χ1) is 14.4. The monoisotopic (exact) mass is 438 g/mol. The third kappa shape index (κ3) is 4.10. The highest BCUT2D eigenvalue weighted by Crippen LogP contribution is 2.32. The van der Waals surface area contributed by atoms with Crippen molar-refractivity contribution in [1.29, 1.82) is 0 Å². The summed E-state index contributed by atoms with van der Waals surface area (Å²) < 4.78 is 27.5. The Morgan fingerprint density at radius 2 is 1.60 bits per heavy atom. The van der Waals surface area contributed by atoms with Gasteiger partial charge in [0.05, 0.1) is 10.6 Å². The lowest BCUT2D eigenvalue weighted by molar-refractivity contribution is -0.112. The number of anilines is 2. The van der Waals surface area contributed by atoms with Crippen molar-refractivity contribution in [1.82, 2.24) is 0 Å². The SMILES string of the molecule is O=C(Nc1ccc(S(=O)(=O)N2CCc3ccccc32)cc1)C(Cl)=Cc1ccccc1. The molecule has 5 nitrogen and oxygen atoms in total. The summed E-state index contributed by atoms with van der Waals surface area (Å²) in [4.78, 5) is 12.5. The van der Waals surface area contributed by atoms with E-state index >= 15 is 0 Å². The molecular weight excluding hydrogens is 420 g/mol. The van der Waals surface area contributed by atoms with Crippen molar-refractivity contribution >= 4 is 45.0 Å². The number of hydrogen-bond acceptors (Lipinski definition) is 3. The molecule has 0 fully saturated rings. The Labute approximate surface area is 180 Å². The van der Waals surface area contributed by atoms with Crippen molar-refractivity contribution in [2.45, 2.75) is 11.3 Å². The number of hydrogen-bond donors (Lipinski definition) is 1. The fourth-order valence-electron chi connectivity index (χ4n) is 3.35. The predicted molar refractivity (Wildman–Crippen MR) is 120 cm³/mol. The molecule has 3 aromatic rings. The third-order valence-corrected chi connectivity index (χ3v) is 6.96. The first kappa shape index (κ1) is 20.2. The summed E-state index contributed by atoms with van der Waals surface area (Å²) in [6.07, 6.45) is 2.26. The van der Waals surface area contributed by atoms with E-state index in [0.29, 0.717) is 24.3 Å². The number of para-hydroxylation sites is 1. The standard InChI is InChI=1S/C23H19ClN2O3S/c24-21(16-17-6-2-1-3-7-17)23(27)25-19-10-12-20(13-11-19)30(28,29)26-15-14-18-8-4-5-9-22(18)26/h1-13,16H,14-15H2,(H,25,27). The molecule has 1 aliphatic heterocycles. The lowest BCUT2D eigenvalue weighted by Gasteiger charge is -2.19. The molecule has 0 saturated carbocycles. The van der Waals surface area contributed by atoms with Gasteiger partial charge >= 0.3 is 0 Å². The minimum atomic E-state index is -3.67. The highest BCUT2D eigenvalue weighted by Gasteiger charge is 2.30. The molecule has 1 aliphatic rings. The molecule has 0 aromatic heterocycles. The second-order valence-electron chi connectivity index (χ2n) is 6.84. The van der Waals surface area contributed by atoms with Gasteiger partial charge in [0, 0.05) is 12.2 Å². The third-order valence-electron chi connectivity index (χ3n) is 4.85. The van der Waals surface area contributed by atoms with E-state index in [9.17, 15) is 13.2 Å². The van der Waals surface area contributed by atoms with Crippen LogP contribution in [0.1, 0.15) is 11.1 Å². The van der Waals surface area contributed by atoms with Gasteiger partial charge in [0.25, 0.3) is 15.9 Å². The highest BCUT2D eigenvalue weighted by atomic mass is 35.5. The van der Waals surface area contributed by atoms with Gasteiger partial charge in [-0.3, -0.25) is 9.10 Å². The molecule has 1 heterocycles. The van der Waals surface area contributed by atoms with E-state index in [4.69, 9.17) is 11.6 Å². The fourth-order valence-corrected chi connectivity index (χ4v) is 5.02. The van der Waals surface area contributed by atoms with Crippen LogP contribution in [0, 0.1) is 0 Å². The number of carbonyl (C=O) groups excluding carboxylic acids is 1. The largest absolute Gasteiger partial charge is 0.321 e. The van der Waals surface area contributed by atoms with E-state index in [2.05, 4.69) is 5.32 Å². The first-order valence-corrected chi connectivity index (χ1v) is 11.2. The van der Waals surface area contributed by atoms with Crippen LogP contribution in [0.3, 0.4) is 0 Å². The molecule has 0 atom stereocenters. The van der Waals surface area contributed by atoms with Crippen LogP contribution in [0.2, 0.25) is 0 Å². The van der Waals surface area contributed by atoms with Gasteiger partial charge in [-0.1, -0.05) is 60.1 Å². The number of amides is 1. The van der Waals surface area contributed by atoms with E-state index in [0.717, 1.165) is 11.1 Å². The lowest BCUT2D eigenvalue weighted by Crippen LogP contribution is -2.29. The molecule has 152 valence electrons. The summed E-state index contributed by atoms with van der Waals surface area (Å²) in [6, 6.07) is 22.8. The fraction of sp³-hybridized carbons (Fsp3) is 0.0870. The molecule has 0 aliphatic carbocycles. The van der Waals surface area contributed by atoms with Crippen molar-refractivity contribution in [3.05, 3.63) is 95.0 Å². The number of fused-ring (bicyclic) bond motifs is 1. The zero-order valence-electron chi connectivity index (χ0n) is 16.0. The second-order valence-corrected chi connectivity index (χ2v) is 9.11. The van der Waals surface area contributed by atoms with Crippen LogP contribution >= 0.6 is 11.6 Å². The quantitative estimate of drug-likeness (QED) is 0.589. The summed E-state index contributed by atoms with van der Waals surface area (Å²) >= 11 is 6.10. The summed E-state index contributed by atoms with van der Waals surface area (Å²) in [6.45, 7) is 0.417. The average Bonchev–Trinajstić information content (AvgIpc) is 3.20. The van der Waals surface area contributed by atoms with E-state index in [1.54, 1.807) is 18.2 Å². The number of nitrogens with zero attached hydrogens (tertiary/aromatic N) is 1. The van der Waals surface area contributed by atoms with Crippen LogP contribution in [0.15, 0.2) is 88.8 Å². The van der Waals surface area contributed by atoms with Crippen LogP contribution in [-0.4, -0.2) is 20.9 Å². The second kappa shape index (κ2) is 8.34. The predicted octanol–water partition coefficient (Wildman–Crippen LogP) is 4.66. The Hall–Kier alpha value is -3.09. The van der Waals surface area contributed by atoms with Crippen LogP contribution in [0.5, 0.6) is 0 Å². The molecule has 4 rings (SSSR count). The molecule has 30 heavy (non-hydrogen) atoms. The number of nitrogens with one attached hydrogen (secondary N) is 1. The molecule has 7 heteroatoms. The van der Waals surface area contributed by atoms with Gasteiger partial charge in [-0.2, -0.15) is 0 Å². The van der Waals surface area contributed by atoms with Gasteiger partial charge in [-0.25, -0.2) is 8.42 Å². The van der Waals surface area contributed by atoms with Crippen molar-refractivity contribution < 1.29 is 13.2 Å². The zero-order chi connectivity index (χ0) is 21.1. The number of sulfonamides is 1. The maximum absolute atomic E-state index is 13.1. The number of halogens is 1. The van der Waals surface area contributed by atoms with E-state index in [1.165, 1.54) is 16.4 Å². The van der Waals surface area contributed by atoms with Gasteiger partial charge in [0.1, 0.15) is 5.03 Å². The topological polar surface area (TPSA) is 66.5 Å². The van der Waals surface area contributed by atoms with Gasteiger partial charge in [-0.15, -0.1) is 0 Å². The molecule has 1 amide bonds. The summed E-state index contributed by atoms with van der Waals surface area (Å²) in [5, 5.41) is 2.71. The Morgan fingerprint density at radius 3 is 2.33 bits per heavy atom. The number of benzene rings is 3. The molecule has 0 radical (unpaired) electrons. The summed E-state index contributed by atoms with van der Waals surface area (Å²) in [7, 11) is -3.67. The molecule has 0 spiro atoms. The summed E-state index contributed by atoms with van der Waals surface area (Å²) in [5.41, 5.74) is 3.00.